The number of aromatic nitrogens is 2. The van der Waals surface area contributed by atoms with E-state index in [2.05, 4.69) is 15.3 Å². The predicted molar refractivity (Wildman–Crippen MR) is 71.1 cm³/mol. The molecule has 0 unspecified atom stereocenters. The van der Waals surface area contributed by atoms with Crippen LogP contribution in [0, 0.1) is 6.92 Å². The second-order valence-corrected chi connectivity index (χ2v) is 4.35. The first-order chi connectivity index (χ1) is 9.06. The first kappa shape index (κ1) is 13.3. The van der Waals surface area contributed by atoms with Crippen molar-refractivity contribution in [2.45, 2.75) is 13.5 Å². The summed E-state index contributed by atoms with van der Waals surface area (Å²) >= 11 is 5.90. The molecule has 0 atom stereocenters. The second-order valence-electron chi connectivity index (χ2n) is 3.94. The zero-order chi connectivity index (χ0) is 13.8. The molecule has 98 valence electrons. The summed E-state index contributed by atoms with van der Waals surface area (Å²) in [5.41, 5.74) is 0.935. The molecule has 0 saturated carbocycles. The number of nitrogens with one attached hydrogen (secondary N) is 1. The average molecular weight is 278 g/mol. The third-order valence-corrected chi connectivity index (χ3v) is 2.79. The number of hydrogen-bond donors (Lipinski definition) is 2. The maximum absolute atomic E-state index is 11.9. The topological polar surface area (TPSA) is 75.1 Å². The minimum Gasteiger partial charge on any atom is -0.508 e. The number of phenols is 1. The van der Waals surface area contributed by atoms with E-state index in [1.165, 1.54) is 18.2 Å². The highest BCUT2D eigenvalue weighted by atomic mass is 35.5. The van der Waals surface area contributed by atoms with Gasteiger partial charge in [0.25, 0.3) is 5.91 Å². The van der Waals surface area contributed by atoms with Crippen LogP contribution >= 0.6 is 11.6 Å². The normalized spacial score (nSPS) is 10.2. The van der Waals surface area contributed by atoms with Gasteiger partial charge in [0, 0.05) is 6.20 Å². The van der Waals surface area contributed by atoms with Crippen LogP contribution in [0.1, 0.15) is 21.9 Å². The molecule has 0 aliphatic carbocycles. The van der Waals surface area contributed by atoms with E-state index in [9.17, 15) is 9.90 Å². The first-order valence-corrected chi connectivity index (χ1v) is 5.99. The Kier molecular flexibility index (Phi) is 3.97. The molecule has 1 heterocycles. The molecule has 0 fully saturated rings. The second kappa shape index (κ2) is 5.67. The average Bonchev–Trinajstić information content (AvgIpc) is 2.39. The van der Waals surface area contributed by atoms with E-state index in [4.69, 9.17) is 11.6 Å². The van der Waals surface area contributed by atoms with Crippen molar-refractivity contribution in [3.05, 3.63) is 52.6 Å². The lowest BCUT2D eigenvalue weighted by molar-refractivity contribution is 0.0950. The highest BCUT2D eigenvalue weighted by Gasteiger charge is 2.11. The van der Waals surface area contributed by atoms with Gasteiger partial charge in [0.15, 0.2) is 0 Å². The zero-order valence-corrected chi connectivity index (χ0v) is 11.0. The van der Waals surface area contributed by atoms with E-state index >= 15 is 0 Å². The lowest BCUT2D eigenvalue weighted by Crippen LogP contribution is -2.23. The molecular weight excluding hydrogens is 266 g/mol. The van der Waals surface area contributed by atoms with Gasteiger partial charge >= 0.3 is 0 Å². The molecule has 0 aliphatic heterocycles. The zero-order valence-electron chi connectivity index (χ0n) is 10.2. The van der Waals surface area contributed by atoms with E-state index in [0.717, 1.165) is 0 Å². The monoisotopic (exact) mass is 277 g/mol. The van der Waals surface area contributed by atoms with Crippen molar-refractivity contribution >= 4 is 17.5 Å². The molecule has 0 bridgehead atoms. The quantitative estimate of drug-likeness (QED) is 0.901. The number of halogens is 1. The van der Waals surface area contributed by atoms with Crippen LogP contribution in [0.25, 0.3) is 0 Å². The Bertz CT molecular complexity index is 617. The molecule has 1 amide bonds. The molecule has 1 aromatic carbocycles. The Morgan fingerprint density at radius 3 is 2.95 bits per heavy atom. The van der Waals surface area contributed by atoms with Crippen LogP contribution in [0.2, 0.25) is 5.02 Å². The Labute approximate surface area is 115 Å². The number of phenolic OH excluding ortho intramolecular Hbond substituents is 1. The number of carbonyl (C=O) groups is 1. The number of carbonyl (C=O) groups excluding carboxylic acids is 1. The van der Waals surface area contributed by atoms with Crippen molar-refractivity contribution in [2.24, 2.45) is 0 Å². The molecule has 0 aliphatic rings. The molecule has 5 nitrogen and oxygen atoms in total. The van der Waals surface area contributed by atoms with Gasteiger partial charge in [0.1, 0.15) is 11.6 Å². The van der Waals surface area contributed by atoms with Gasteiger partial charge in [-0.15, -0.1) is 0 Å². The molecular formula is C13H12ClN3O2. The lowest BCUT2D eigenvalue weighted by atomic mass is 10.2. The Morgan fingerprint density at radius 2 is 2.21 bits per heavy atom. The SMILES string of the molecule is Cc1nccc(CNC(=O)c2cc(O)ccc2Cl)n1. The number of nitrogens with zero attached hydrogens (tertiary/aromatic N) is 2. The van der Waals surface area contributed by atoms with Crippen LogP contribution in [-0.4, -0.2) is 21.0 Å². The summed E-state index contributed by atoms with van der Waals surface area (Å²) in [5, 5.41) is 12.3. The summed E-state index contributed by atoms with van der Waals surface area (Å²) < 4.78 is 0. The fourth-order valence-electron chi connectivity index (χ4n) is 1.56. The molecule has 0 saturated heterocycles. The third kappa shape index (κ3) is 3.42. The van der Waals surface area contributed by atoms with Crippen molar-refractivity contribution < 1.29 is 9.90 Å². The largest absolute Gasteiger partial charge is 0.508 e. The first-order valence-electron chi connectivity index (χ1n) is 5.61. The van der Waals surface area contributed by atoms with E-state index in [1.54, 1.807) is 19.2 Å². The van der Waals surface area contributed by atoms with Crippen molar-refractivity contribution in [1.82, 2.24) is 15.3 Å². The summed E-state index contributed by atoms with van der Waals surface area (Å²) in [7, 11) is 0. The van der Waals surface area contributed by atoms with Crippen LogP contribution in [0.3, 0.4) is 0 Å². The van der Waals surface area contributed by atoms with E-state index in [1.807, 2.05) is 0 Å². The smallest absolute Gasteiger partial charge is 0.253 e. The van der Waals surface area contributed by atoms with Crippen LogP contribution < -0.4 is 5.32 Å². The van der Waals surface area contributed by atoms with Crippen molar-refractivity contribution in [1.29, 1.82) is 0 Å². The van der Waals surface area contributed by atoms with Crippen LogP contribution in [0.5, 0.6) is 5.75 Å². The molecule has 6 heteroatoms. The van der Waals surface area contributed by atoms with E-state index in [0.29, 0.717) is 11.5 Å². The van der Waals surface area contributed by atoms with Crippen LogP contribution in [0.4, 0.5) is 0 Å². The fourth-order valence-corrected chi connectivity index (χ4v) is 1.76. The number of aromatic hydroxyl groups is 1. The Morgan fingerprint density at radius 1 is 1.42 bits per heavy atom. The summed E-state index contributed by atoms with van der Waals surface area (Å²) in [6, 6.07) is 5.94. The minimum atomic E-state index is -0.364. The number of hydrogen-bond acceptors (Lipinski definition) is 4. The number of aryl methyl sites for hydroxylation is 1. The molecule has 0 spiro atoms. The van der Waals surface area contributed by atoms with Crippen LogP contribution in [0.15, 0.2) is 30.5 Å². The van der Waals surface area contributed by atoms with Gasteiger partial charge in [-0.1, -0.05) is 11.6 Å². The summed E-state index contributed by atoms with van der Waals surface area (Å²) in [6.45, 7) is 2.05. The van der Waals surface area contributed by atoms with Gasteiger partial charge in [-0.05, 0) is 31.2 Å². The number of rotatable bonds is 3. The van der Waals surface area contributed by atoms with Crippen molar-refractivity contribution in [3.8, 4) is 5.75 Å². The van der Waals surface area contributed by atoms with Gasteiger partial charge in [0.2, 0.25) is 0 Å². The predicted octanol–water partition coefficient (Wildman–Crippen LogP) is 2.07. The van der Waals surface area contributed by atoms with Gasteiger partial charge in [-0.2, -0.15) is 0 Å². The van der Waals surface area contributed by atoms with Gasteiger partial charge in [-0.25, -0.2) is 9.97 Å². The summed E-state index contributed by atoms with van der Waals surface area (Å²) in [4.78, 5) is 20.1. The highest BCUT2D eigenvalue weighted by molar-refractivity contribution is 6.33. The standard InChI is InChI=1S/C13H12ClN3O2/c1-8-15-5-4-9(17-8)7-16-13(19)11-6-10(18)2-3-12(11)14/h2-6,18H,7H2,1H3,(H,16,19). The highest BCUT2D eigenvalue weighted by Crippen LogP contribution is 2.20. The molecule has 2 aromatic rings. The maximum atomic E-state index is 11.9. The minimum absolute atomic E-state index is 0.00701. The maximum Gasteiger partial charge on any atom is 0.253 e. The van der Waals surface area contributed by atoms with Crippen molar-refractivity contribution in [2.75, 3.05) is 0 Å². The molecule has 0 radical (unpaired) electrons. The molecule has 2 rings (SSSR count). The molecule has 1 aromatic heterocycles. The van der Waals surface area contributed by atoms with E-state index in [-0.39, 0.29) is 28.8 Å². The Hall–Kier alpha value is -2.14. The van der Waals surface area contributed by atoms with Gasteiger partial charge in [0.05, 0.1) is 22.8 Å². The number of amides is 1. The van der Waals surface area contributed by atoms with Crippen molar-refractivity contribution in [3.63, 3.8) is 0 Å². The summed E-state index contributed by atoms with van der Waals surface area (Å²) in [6.07, 6.45) is 1.63. The third-order valence-electron chi connectivity index (χ3n) is 2.46. The molecule has 2 N–H and O–H groups in total. The molecule has 19 heavy (non-hydrogen) atoms. The van der Waals surface area contributed by atoms with Gasteiger partial charge in [-0.3, -0.25) is 4.79 Å². The summed E-state index contributed by atoms with van der Waals surface area (Å²) in [5.74, 6) is 0.270. The number of benzene rings is 1. The van der Waals surface area contributed by atoms with Crippen LogP contribution in [-0.2, 0) is 6.54 Å². The Balaban J connectivity index is 2.07. The fraction of sp³-hybridized carbons (Fsp3) is 0.154. The van der Waals surface area contributed by atoms with Gasteiger partial charge < -0.3 is 10.4 Å². The van der Waals surface area contributed by atoms with E-state index < -0.39 is 0 Å². The lowest BCUT2D eigenvalue weighted by Gasteiger charge is -2.07.